The molecule has 1 fully saturated rings. The summed E-state index contributed by atoms with van der Waals surface area (Å²) in [5.41, 5.74) is -0.433. The largest absolute Gasteiger partial charge is 0.469 e. The number of esters is 1. The number of carbonyl (C=O) groups excluding carboxylic acids is 2. The number of para-hydroxylation sites is 1. The molecular weight excluding hydrogens is 294 g/mol. The van der Waals surface area contributed by atoms with Crippen LogP contribution in [0.3, 0.4) is 0 Å². The Bertz CT molecular complexity index is 537. The first-order valence-electron chi connectivity index (χ1n) is 7.05. The van der Waals surface area contributed by atoms with Gasteiger partial charge in [0, 0.05) is 0 Å². The summed E-state index contributed by atoms with van der Waals surface area (Å²) in [5, 5.41) is 2.25. The zero-order valence-corrected chi connectivity index (χ0v) is 12.3. The molecule has 1 amide bonds. The Kier molecular flexibility index (Phi) is 5.43. The van der Waals surface area contributed by atoms with Gasteiger partial charge in [-0.1, -0.05) is 6.07 Å². The van der Waals surface area contributed by atoms with Gasteiger partial charge in [0.05, 0.1) is 19.6 Å². The predicted molar refractivity (Wildman–Crippen MR) is 76.2 cm³/mol. The number of nitrogens with zero attached hydrogens (tertiary/aromatic N) is 1. The molecule has 120 valence electrons. The van der Waals surface area contributed by atoms with Crippen molar-refractivity contribution in [3.05, 3.63) is 29.8 Å². The van der Waals surface area contributed by atoms with E-state index in [2.05, 4.69) is 5.32 Å². The Labute approximate surface area is 127 Å². The Balaban J connectivity index is 1.85. The molecule has 0 atom stereocenters. The van der Waals surface area contributed by atoms with Crippen molar-refractivity contribution in [2.75, 3.05) is 32.1 Å². The Hall–Kier alpha value is -2.02. The number of rotatable bonds is 4. The van der Waals surface area contributed by atoms with Gasteiger partial charge >= 0.3 is 5.97 Å². The van der Waals surface area contributed by atoms with E-state index in [0.717, 1.165) is 12.1 Å². The van der Waals surface area contributed by atoms with Crippen LogP contribution in [-0.2, 0) is 14.3 Å². The van der Waals surface area contributed by atoms with Gasteiger partial charge in [-0.2, -0.15) is 0 Å². The fraction of sp³-hybridized carbons (Fsp3) is 0.467. The molecule has 0 aromatic heterocycles. The number of carbonyl (C=O) groups is 2. The third-order valence-electron chi connectivity index (χ3n) is 3.72. The SMILES string of the molecule is COC(=O)C1CCN(CC(=O)Nc2c(F)cccc2F)CC1. The standard InChI is InChI=1S/C15H18F2N2O3/c1-22-15(21)10-5-7-19(8-6-10)9-13(20)18-14-11(16)3-2-4-12(14)17/h2-4,10H,5-9H2,1H3,(H,18,20). The van der Waals surface area contributed by atoms with E-state index < -0.39 is 23.2 Å². The summed E-state index contributed by atoms with van der Waals surface area (Å²) in [4.78, 5) is 25.1. The van der Waals surface area contributed by atoms with E-state index in [0.29, 0.717) is 25.9 Å². The molecule has 0 saturated carbocycles. The van der Waals surface area contributed by atoms with Crippen LogP contribution in [0.4, 0.5) is 14.5 Å². The van der Waals surface area contributed by atoms with Gasteiger partial charge in [0.15, 0.2) is 0 Å². The summed E-state index contributed by atoms with van der Waals surface area (Å²) in [7, 11) is 1.35. The van der Waals surface area contributed by atoms with Crippen LogP contribution in [0.1, 0.15) is 12.8 Å². The fourth-order valence-corrected chi connectivity index (χ4v) is 2.49. The number of methoxy groups -OCH3 is 1. The first-order valence-corrected chi connectivity index (χ1v) is 7.05. The first-order chi connectivity index (χ1) is 10.5. The number of hydrogen-bond acceptors (Lipinski definition) is 4. The molecule has 1 heterocycles. The van der Waals surface area contributed by atoms with Gasteiger partial charge in [-0.05, 0) is 38.1 Å². The minimum absolute atomic E-state index is 0.0294. The average molecular weight is 312 g/mol. The van der Waals surface area contributed by atoms with Crippen LogP contribution in [0.15, 0.2) is 18.2 Å². The number of piperidine rings is 1. The lowest BCUT2D eigenvalue weighted by atomic mass is 9.97. The van der Waals surface area contributed by atoms with Crippen LogP contribution in [0.25, 0.3) is 0 Å². The minimum Gasteiger partial charge on any atom is -0.469 e. The lowest BCUT2D eigenvalue weighted by Crippen LogP contribution is -2.41. The fourth-order valence-electron chi connectivity index (χ4n) is 2.49. The molecular formula is C15H18F2N2O3. The highest BCUT2D eigenvalue weighted by molar-refractivity contribution is 5.92. The van der Waals surface area contributed by atoms with Gasteiger partial charge < -0.3 is 10.1 Å². The second kappa shape index (κ2) is 7.31. The van der Waals surface area contributed by atoms with E-state index in [-0.39, 0.29) is 18.4 Å². The third kappa shape index (κ3) is 4.00. The quantitative estimate of drug-likeness (QED) is 0.861. The lowest BCUT2D eigenvalue weighted by molar-refractivity contribution is -0.147. The molecule has 1 aliphatic rings. The molecule has 0 spiro atoms. The molecule has 2 rings (SSSR count). The van der Waals surface area contributed by atoms with Gasteiger partial charge in [0.2, 0.25) is 5.91 Å². The number of halogens is 2. The summed E-state index contributed by atoms with van der Waals surface area (Å²) in [6.45, 7) is 1.15. The van der Waals surface area contributed by atoms with Gasteiger partial charge in [-0.15, -0.1) is 0 Å². The van der Waals surface area contributed by atoms with E-state index >= 15 is 0 Å². The molecule has 0 bridgehead atoms. The van der Waals surface area contributed by atoms with Crippen LogP contribution in [0.5, 0.6) is 0 Å². The molecule has 1 aromatic rings. The smallest absolute Gasteiger partial charge is 0.308 e. The highest BCUT2D eigenvalue weighted by Gasteiger charge is 2.26. The van der Waals surface area contributed by atoms with Crippen LogP contribution in [0.2, 0.25) is 0 Å². The molecule has 1 aromatic carbocycles. The van der Waals surface area contributed by atoms with E-state index in [1.54, 1.807) is 0 Å². The van der Waals surface area contributed by atoms with Crippen molar-refractivity contribution in [1.29, 1.82) is 0 Å². The highest BCUT2D eigenvalue weighted by Crippen LogP contribution is 2.20. The maximum absolute atomic E-state index is 13.4. The molecule has 1 saturated heterocycles. The topological polar surface area (TPSA) is 58.6 Å². The number of benzene rings is 1. The van der Waals surface area contributed by atoms with Crippen LogP contribution in [0, 0.1) is 17.6 Å². The second-order valence-corrected chi connectivity index (χ2v) is 5.22. The normalized spacial score (nSPS) is 16.3. The first kappa shape index (κ1) is 16.4. The van der Waals surface area contributed by atoms with Crippen molar-refractivity contribution < 1.29 is 23.1 Å². The van der Waals surface area contributed by atoms with Crippen molar-refractivity contribution in [2.24, 2.45) is 5.92 Å². The van der Waals surface area contributed by atoms with E-state index in [1.165, 1.54) is 13.2 Å². The molecule has 0 radical (unpaired) electrons. The Morgan fingerprint density at radius 2 is 1.86 bits per heavy atom. The van der Waals surface area contributed by atoms with Crippen LogP contribution < -0.4 is 5.32 Å². The lowest BCUT2D eigenvalue weighted by Gasteiger charge is -2.29. The Morgan fingerprint density at radius 3 is 2.41 bits per heavy atom. The van der Waals surface area contributed by atoms with Crippen LogP contribution >= 0.6 is 0 Å². The summed E-state index contributed by atoms with van der Waals surface area (Å²) in [6, 6.07) is 3.40. The third-order valence-corrected chi connectivity index (χ3v) is 3.72. The number of amides is 1. The Morgan fingerprint density at radius 1 is 1.27 bits per heavy atom. The summed E-state index contributed by atoms with van der Waals surface area (Å²) >= 11 is 0. The molecule has 0 unspecified atom stereocenters. The van der Waals surface area contributed by atoms with E-state index in [9.17, 15) is 18.4 Å². The van der Waals surface area contributed by atoms with Gasteiger partial charge in [-0.25, -0.2) is 8.78 Å². The molecule has 5 nitrogen and oxygen atoms in total. The van der Waals surface area contributed by atoms with Crippen molar-refractivity contribution in [3.8, 4) is 0 Å². The number of likely N-dealkylation sites (tertiary alicyclic amines) is 1. The monoisotopic (exact) mass is 312 g/mol. The van der Waals surface area contributed by atoms with E-state index in [4.69, 9.17) is 4.74 Å². The van der Waals surface area contributed by atoms with Gasteiger partial charge in [0.1, 0.15) is 17.3 Å². The van der Waals surface area contributed by atoms with Crippen molar-refractivity contribution in [1.82, 2.24) is 4.90 Å². The minimum atomic E-state index is -0.808. The molecule has 1 aliphatic heterocycles. The number of hydrogen-bond donors (Lipinski definition) is 1. The maximum Gasteiger partial charge on any atom is 0.308 e. The highest BCUT2D eigenvalue weighted by atomic mass is 19.1. The molecule has 22 heavy (non-hydrogen) atoms. The second-order valence-electron chi connectivity index (χ2n) is 5.22. The maximum atomic E-state index is 13.4. The van der Waals surface area contributed by atoms with Crippen molar-refractivity contribution in [3.63, 3.8) is 0 Å². The van der Waals surface area contributed by atoms with Crippen molar-refractivity contribution >= 4 is 17.6 Å². The number of ether oxygens (including phenoxy) is 1. The van der Waals surface area contributed by atoms with Gasteiger partial charge in [-0.3, -0.25) is 14.5 Å². The van der Waals surface area contributed by atoms with E-state index in [1.807, 2.05) is 4.90 Å². The number of anilines is 1. The summed E-state index contributed by atoms with van der Waals surface area (Å²) in [5.74, 6) is -2.48. The average Bonchev–Trinajstić information content (AvgIpc) is 2.51. The molecule has 0 aliphatic carbocycles. The zero-order chi connectivity index (χ0) is 16.1. The summed E-state index contributed by atoms with van der Waals surface area (Å²) < 4.78 is 31.6. The van der Waals surface area contributed by atoms with Crippen molar-refractivity contribution in [2.45, 2.75) is 12.8 Å². The molecule has 1 N–H and O–H groups in total. The van der Waals surface area contributed by atoms with Crippen LogP contribution in [-0.4, -0.2) is 43.5 Å². The molecule has 7 heteroatoms. The number of nitrogens with one attached hydrogen (secondary N) is 1. The summed E-state index contributed by atoms with van der Waals surface area (Å²) in [6.07, 6.45) is 1.21. The predicted octanol–water partition coefficient (Wildman–Crippen LogP) is 1.79. The zero-order valence-electron chi connectivity index (χ0n) is 12.3. The van der Waals surface area contributed by atoms with Gasteiger partial charge in [0.25, 0.3) is 0 Å².